The van der Waals surface area contributed by atoms with Crippen LogP contribution in [-0.4, -0.2) is 10.2 Å². The van der Waals surface area contributed by atoms with E-state index < -0.39 is 0 Å². The van der Waals surface area contributed by atoms with Crippen LogP contribution >= 0.6 is 23.2 Å². The number of nitrogens with zero attached hydrogens (tertiary/aromatic N) is 2. The van der Waals surface area contributed by atoms with Crippen LogP contribution in [0.2, 0.25) is 5.15 Å². The molecule has 0 amide bonds. The van der Waals surface area contributed by atoms with Crippen LogP contribution in [0, 0.1) is 0 Å². The summed E-state index contributed by atoms with van der Waals surface area (Å²) in [6, 6.07) is 1.74. The van der Waals surface area contributed by atoms with Crippen molar-refractivity contribution in [3.63, 3.8) is 0 Å². The highest BCUT2D eigenvalue weighted by molar-refractivity contribution is 6.31. The zero-order chi connectivity index (χ0) is 6.69. The fourth-order valence-electron chi connectivity index (χ4n) is 0.440. The Morgan fingerprint density at radius 1 is 1.56 bits per heavy atom. The summed E-state index contributed by atoms with van der Waals surface area (Å²) >= 11 is 11.0. The zero-order valence-electron chi connectivity index (χ0n) is 4.51. The predicted octanol–water partition coefficient (Wildman–Crippen LogP) is 1.87. The second kappa shape index (κ2) is 2.99. The number of halogens is 2. The normalized spacial score (nSPS) is 9.56. The summed E-state index contributed by atoms with van der Waals surface area (Å²) in [7, 11) is 0. The molecule has 0 saturated heterocycles. The summed E-state index contributed by atoms with van der Waals surface area (Å²) in [5, 5.41) is 7.52. The van der Waals surface area contributed by atoms with Gasteiger partial charge in [-0.1, -0.05) is 11.6 Å². The van der Waals surface area contributed by atoms with E-state index in [-0.39, 0.29) is 0 Å². The second-order valence-electron chi connectivity index (χ2n) is 1.48. The number of hydrogen-bond donors (Lipinski definition) is 0. The van der Waals surface area contributed by atoms with E-state index in [2.05, 4.69) is 10.2 Å². The first-order valence-corrected chi connectivity index (χ1v) is 3.28. The summed E-state index contributed by atoms with van der Waals surface area (Å²) < 4.78 is 0. The van der Waals surface area contributed by atoms with E-state index in [0.717, 1.165) is 5.56 Å². The molecular formula is C5H4Cl2N2. The van der Waals surface area contributed by atoms with Crippen molar-refractivity contribution in [3.8, 4) is 0 Å². The molecule has 0 saturated carbocycles. The van der Waals surface area contributed by atoms with Crippen molar-refractivity contribution >= 4 is 23.2 Å². The maximum atomic E-state index is 5.57. The molecular weight excluding hydrogens is 159 g/mol. The van der Waals surface area contributed by atoms with Gasteiger partial charge in [0.15, 0.2) is 5.15 Å². The van der Waals surface area contributed by atoms with E-state index in [1.807, 2.05) is 0 Å². The van der Waals surface area contributed by atoms with Crippen LogP contribution in [0.3, 0.4) is 0 Å². The molecule has 0 aliphatic rings. The largest absolute Gasteiger partial charge is 0.158 e. The molecule has 48 valence electrons. The molecule has 1 rings (SSSR count). The lowest BCUT2D eigenvalue weighted by Gasteiger charge is -1.92. The molecule has 0 aliphatic heterocycles. The minimum Gasteiger partial charge on any atom is -0.158 e. The number of hydrogen-bond acceptors (Lipinski definition) is 2. The van der Waals surface area contributed by atoms with Crippen molar-refractivity contribution in [1.29, 1.82) is 0 Å². The zero-order valence-corrected chi connectivity index (χ0v) is 6.02. The van der Waals surface area contributed by atoms with Crippen molar-refractivity contribution in [3.05, 3.63) is 23.0 Å². The highest BCUT2D eigenvalue weighted by Crippen LogP contribution is 2.11. The van der Waals surface area contributed by atoms with Gasteiger partial charge in [-0.25, -0.2) is 0 Å². The maximum Gasteiger partial charge on any atom is 0.156 e. The van der Waals surface area contributed by atoms with Crippen LogP contribution in [0.15, 0.2) is 12.3 Å². The quantitative estimate of drug-likeness (QED) is 0.590. The summed E-state index contributed by atoms with van der Waals surface area (Å²) in [5.41, 5.74) is 0.813. The second-order valence-corrected chi connectivity index (χ2v) is 2.11. The molecule has 2 nitrogen and oxygen atoms in total. The molecule has 1 aromatic heterocycles. The third-order valence-electron chi connectivity index (χ3n) is 0.897. The van der Waals surface area contributed by atoms with Gasteiger partial charge in [0.2, 0.25) is 0 Å². The molecule has 4 heteroatoms. The lowest BCUT2D eigenvalue weighted by molar-refractivity contribution is 1.01. The van der Waals surface area contributed by atoms with Gasteiger partial charge in [-0.2, -0.15) is 5.10 Å². The van der Waals surface area contributed by atoms with Crippen molar-refractivity contribution in [2.45, 2.75) is 5.88 Å². The van der Waals surface area contributed by atoms with Crippen LogP contribution in [0.1, 0.15) is 5.56 Å². The lowest BCUT2D eigenvalue weighted by atomic mass is 10.4. The van der Waals surface area contributed by atoms with Crippen molar-refractivity contribution in [2.24, 2.45) is 0 Å². The maximum absolute atomic E-state index is 5.57. The smallest absolute Gasteiger partial charge is 0.156 e. The summed E-state index contributed by atoms with van der Waals surface area (Å²) in [5.74, 6) is 0.383. The molecule has 0 spiro atoms. The van der Waals surface area contributed by atoms with Crippen LogP contribution < -0.4 is 0 Å². The van der Waals surface area contributed by atoms with Gasteiger partial charge in [0, 0.05) is 5.56 Å². The molecule has 1 heterocycles. The number of aromatic nitrogens is 2. The highest BCUT2D eigenvalue weighted by Gasteiger charge is 1.96. The minimum absolute atomic E-state index is 0.382. The standard InChI is InChI=1S/C5H4Cl2N2/c6-3-4-1-2-8-9-5(4)7/h1-2H,3H2. The molecule has 0 atom stereocenters. The first kappa shape index (κ1) is 6.78. The number of alkyl halides is 1. The monoisotopic (exact) mass is 162 g/mol. The molecule has 0 bridgehead atoms. The third-order valence-corrected chi connectivity index (χ3v) is 1.50. The summed E-state index contributed by atoms with van der Waals surface area (Å²) in [6.07, 6.45) is 1.56. The molecule has 0 fully saturated rings. The summed E-state index contributed by atoms with van der Waals surface area (Å²) in [4.78, 5) is 0. The Labute approximate surface area is 62.8 Å². The fourth-order valence-corrected chi connectivity index (χ4v) is 0.898. The van der Waals surface area contributed by atoms with Crippen molar-refractivity contribution < 1.29 is 0 Å². The first-order valence-electron chi connectivity index (χ1n) is 2.36. The molecule has 0 radical (unpaired) electrons. The van der Waals surface area contributed by atoms with Crippen molar-refractivity contribution in [2.75, 3.05) is 0 Å². The Bertz CT molecular complexity index is 202. The lowest BCUT2D eigenvalue weighted by Crippen LogP contribution is -1.85. The van der Waals surface area contributed by atoms with Gasteiger partial charge < -0.3 is 0 Å². The average Bonchev–Trinajstić information content (AvgIpc) is 1.89. The number of rotatable bonds is 1. The first-order chi connectivity index (χ1) is 4.34. The van der Waals surface area contributed by atoms with Crippen LogP contribution in [0.5, 0.6) is 0 Å². The van der Waals surface area contributed by atoms with Gasteiger partial charge in [-0.15, -0.1) is 16.7 Å². The van der Waals surface area contributed by atoms with Gasteiger partial charge >= 0.3 is 0 Å². The molecule has 9 heavy (non-hydrogen) atoms. The van der Waals surface area contributed by atoms with Crippen LogP contribution in [0.25, 0.3) is 0 Å². The molecule has 0 aliphatic carbocycles. The Balaban J connectivity index is 3.01. The topological polar surface area (TPSA) is 25.8 Å². The Morgan fingerprint density at radius 2 is 2.33 bits per heavy atom. The van der Waals surface area contributed by atoms with E-state index in [1.54, 1.807) is 12.3 Å². The minimum atomic E-state index is 0.382. The van der Waals surface area contributed by atoms with E-state index in [9.17, 15) is 0 Å². The molecule has 0 unspecified atom stereocenters. The Hall–Kier alpha value is -0.340. The average molecular weight is 163 g/mol. The van der Waals surface area contributed by atoms with Gasteiger partial charge in [0.05, 0.1) is 12.1 Å². The van der Waals surface area contributed by atoms with E-state index in [4.69, 9.17) is 23.2 Å². The van der Waals surface area contributed by atoms with Crippen LogP contribution in [-0.2, 0) is 5.88 Å². The highest BCUT2D eigenvalue weighted by atomic mass is 35.5. The summed E-state index contributed by atoms with van der Waals surface area (Å²) in [6.45, 7) is 0. The van der Waals surface area contributed by atoms with E-state index in [1.165, 1.54) is 0 Å². The van der Waals surface area contributed by atoms with Crippen LogP contribution in [0.4, 0.5) is 0 Å². The predicted molar refractivity (Wildman–Crippen MR) is 36.6 cm³/mol. The van der Waals surface area contributed by atoms with Gasteiger partial charge in [-0.3, -0.25) is 0 Å². The third kappa shape index (κ3) is 1.53. The van der Waals surface area contributed by atoms with Gasteiger partial charge in [0.1, 0.15) is 0 Å². The van der Waals surface area contributed by atoms with Crippen molar-refractivity contribution in [1.82, 2.24) is 10.2 Å². The molecule has 1 aromatic rings. The van der Waals surface area contributed by atoms with Gasteiger partial charge in [0.25, 0.3) is 0 Å². The fraction of sp³-hybridized carbons (Fsp3) is 0.200. The molecule has 0 aromatic carbocycles. The SMILES string of the molecule is ClCc1ccnnc1Cl. The molecule has 0 N–H and O–H groups in total. The Morgan fingerprint density at radius 3 is 2.78 bits per heavy atom. The Kier molecular flexibility index (Phi) is 2.25. The van der Waals surface area contributed by atoms with E-state index in [0.29, 0.717) is 11.0 Å². The van der Waals surface area contributed by atoms with Gasteiger partial charge in [-0.05, 0) is 6.07 Å². The van der Waals surface area contributed by atoms with E-state index >= 15 is 0 Å².